The van der Waals surface area contributed by atoms with Crippen molar-refractivity contribution in [2.75, 3.05) is 0 Å². The van der Waals surface area contributed by atoms with Gasteiger partial charge in [0.25, 0.3) is 5.91 Å². The number of rotatable bonds is 2. The van der Waals surface area contributed by atoms with Crippen LogP contribution < -0.4 is 5.32 Å². The minimum atomic E-state index is -4.48. The van der Waals surface area contributed by atoms with Crippen LogP contribution in [0.15, 0.2) is 36.4 Å². The van der Waals surface area contributed by atoms with Gasteiger partial charge >= 0.3 is 6.18 Å². The van der Waals surface area contributed by atoms with Gasteiger partial charge in [-0.05, 0) is 35.7 Å². The molecular formula is C15H12F3NO2. The van der Waals surface area contributed by atoms with Crippen molar-refractivity contribution in [1.29, 1.82) is 0 Å². The van der Waals surface area contributed by atoms with Crippen LogP contribution in [0.5, 0.6) is 5.75 Å². The summed E-state index contributed by atoms with van der Waals surface area (Å²) in [7, 11) is 0. The predicted octanol–water partition coefficient (Wildman–Crippen LogP) is 3.37. The molecule has 0 aromatic heterocycles. The molecule has 2 N–H and O–H groups in total. The number of phenols is 1. The lowest BCUT2D eigenvalue weighted by Gasteiger charge is -2.21. The summed E-state index contributed by atoms with van der Waals surface area (Å²) in [6, 6.07) is 9.75. The molecule has 0 aliphatic heterocycles. The molecule has 2 aromatic carbocycles. The van der Waals surface area contributed by atoms with Gasteiger partial charge in [0.05, 0.1) is 5.56 Å². The number of nitrogens with one attached hydrogen (secondary N) is 1. The number of aromatic hydroxyl groups is 1. The largest absolute Gasteiger partial charge is 0.507 e. The monoisotopic (exact) mass is 295 g/mol. The molecule has 3 rings (SSSR count). The molecule has 0 unspecified atom stereocenters. The van der Waals surface area contributed by atoms with E-state index in [-0.39, 0.29) is 24.2 Å². The number of hydrogen-bond acceptors (Lipinski definition) is 2. The molecule has 1 amide bonds. The molecule has 0 heterocycles. The molecule has 0 saturated heterocycles. The summed E-state index contributed by atoms with van der Waals surface area (Å²) < 4.78 is 38.5. The molecule has 0 spiro atoms. The number of alkyl halides is 3. The average molecular weight is 295 g/mol. The fourth-order valence-corrected chi connectivity index (χ4v) is 2.30. The highest BCUT2D eigenvalue weighted by Gasteiger charge is 2.64. The summed E-state index contributed by atoms with van der Waals surface area (Å²) in [5.74, 6) is -1.24. The zero-order valence-electron chi connectivity index (χ0n) is 10.9. The minimum Gasteiger partial charge on any atom is -0.507 e. The number of hydrogen-bond donors (Lipinski definition) is 2. The third kappa shape index (κ3) is 2.30. The van der Waals surface area contributed by atoms with Gasteiger partial charge < -0.3 is 10.4 Å². The molecule has 1 aliphatic rings. The Labute approximate surface area is 118 Å². The second-order valence-corrected chi connectivity index (χ2v) is 5.25. The van der Waals surface area contributed by atoms with E-state index in [9.17, 15) is 23.1 Å². The minimum absolute atomic E-state index is 0.128. The van der Waals surface area contributed by atoms with Crippen molar-refractivity contribution in [2.24, 2.45) is 0 Å². The van der Waals surface area contributed by atoms with Crippen molar-refractivity contribution < 1.29 is 23.1 Å². The first-order valence-electron chi connectivity index (χ1n) is 6.43. The number of amides is 1. The summed E-state index contributed by atoms with van der Waals surface area (Å²) in [4.78, 5) is 12.0. The molecule has 1 saturated carbocycles. The highest BCUT2D eigenvalue weighted by Crippen LogP contribution is 2.49. The van der Waals surface area contributed by atoms with Crippen LogP contribution >= 0.6 is 0 Å². The van der Waals surface area contributed by atoms with Crippen LogP contribution in [-0.2, 0) is 0 Å². The van der Waals surface area contributed by atoms with Crippen molar-refractivity contribution >= 4 is 16.7 Å². The second kappa shape index (κ2) is 4.38. The molecule has 110 valence electrons. The molecule has 1 fully saturated rings. The first kappa shape index (κ1) is 13.7. The topological polar surface area (TPSA) is 49.3 Å². The zero-order valence-corrected chi connectivity index (χ0v) is 10.9. The lowest BCUT2D eigenvalue weighted by atomic mass is 10.0. The second-order valence-electron chi connectivity index (χ2n) is 5.25. The number of phenolic OH excluding ortho intramolecular Hbond substituents is 1. The number of carbonyl (C=O) groups is 1. The number of halogens is 3. The molecular weight excluding hydrogens is 283 g/mol. The molecule has 21 heavy (non-hydrogen) atoms. The highest BCUT2D eigenvalue weighted by atomic mass is 19.4. The number of fused-ring (bicyclic) bond motifs is 1. The van der Waals surface area contributed by atoms with Crippen LogP contribution in [0.4, 0.5) is 13.2 Å². The van der Waals surface area contributed by atoms with Crippen molar-refractivity contribution in [3.63, 3.8) is 0 Å². The number of carbonyl (C=O) groups excluding carboxylic acids is 1. The van der Waals surface area contributed by atoms with Gasteiger partial charge in [-0.1, -0.05) is 24.3 Å². The average Bonchev–Trinajstić information content (AvgIpc) is 3.18. The SMILES string of the molecule is O=C(NC1(C(F)(F)F)CC1)c1cc2ccccc2cc1O. The van der Waals surface area contributed by atoms with E-state index in [2.05, 4.69) is 0 Å². The lowest BCUT2D eigenvalue weighted by molar-refractivity contribution is -0.163. The summed E-state index contributed by atoms with van der Waals surface area (Å²) in [5, 5.41) is 13.3. The van der Waals surface area contributed by atoms with E-state index in [1.54, 1.807) is 24.3 Å². The van der Waals surface area contributed by atoms with Gasteiger partial charge in [-0.3, -0.25) is 4.79 Å². The predicted molar refractivity (Wildman–Crippen MR) is 71.1 cm³/mol. The van der Waals surface area contributed by atoms with E-state index < -0.39 is 17.6 Å². The Balaban J connectivity index is 1.93. The standard InChI is InChI=1S/C15H12F3NO2/c16-15(17,18)14(5-6-14)19-13(21)11-7-9-3-1-2-4-10(9)8-12(11)20/h1-4,7-8,20H,5-6H2,(H,19,21). The Hall–Kier alpha value is -2.24. The zero-order chi connectivity index (χ0) is 15.3. The summed E-state index contributed by atoms with van der Waals surface area (Å²) in [6.07, 6.45) is -4.73. The van der Waals surface area contributed by atoms with Gasteiger partial charge in [0.1, 0.15) is 11.3 Å². The number of benzene rings is 2. The van der Waals surface area contributed by atoms with Crippen LogP contribution in [0.25, 0.3) is 10.8 Å². The van der Waals surface area contributed by atoms with Crippen LogP contribution in [0, 0.1) is 0 Å². The van der Waals surface area contributed by atoms with Crippen LogP contribution in [-0.4, -0.2) is 22.7 Å². The van der Waals surface area contributed by atoms with Gasteiger partial charge in [0, 0.05) is 0 Å². The maximum absolute atomic E-state index is 12.8. The summed E-state index contributed by atoms with van der Waals surface area (Å²) in [6.45, 7) is 0. The van der Waals surface area contributed by atoms with Crippen LogP contribution in [0.1, 0.15) is 23.2 Å². The molecule has 6 heteroatoms. The van der Waals surface area contributed by atoms with Gasteiger partial charge in [0.15, 0.2) is 0 Å². The molecule has 1 aliphatic carbocycles. The van der Waals surface area contributed by atoms with Gasteiger partial charge in [0.2, 0.25) is 0 Å². The van der Waals surface area contributed by atoms with Crippen molar-refractivity contribution in [2.45, 2.75) is 24.6 Å². The Morgan fingerprint density at radius 3 is 2.24 bits per heavy atom. The maximum Gasteiger partial charge on any atom is 0.411 e. The Morgan fingerprint density at radius 1 is 1.14 bits per heavy atom. The third-order valence-electron chi connectivity index (χ3n) is 3.75. The Morgan fingerprint density at radius 2 is 1.71 bits per heavy atom. The normalized spacial score (nSPS) is 16.7. The van der Waals surface area contributed by atoms with Gasteiger partial charge in [-0.25, -0.2) is 0 Å². The summed E-state index contributed by atoms with van der Waals surface area (Å²) >= 11 is 0. The summed E-state index contributed by atoms with van der Waals surface area (Å²) in [5.41, 5.74) is -2.29. The Bertz CT molecular complexity index is 720. The van der Waals surface area contributed by atoms with Crippen LogP contribution in [0.3, 0.4) is 0 Å². The maximum atomic E-state index is 12.8. The van der Waals surface area contributed by atoms with Crippen molar-refractivity contribution in [3.8, 4) is 5.75 Å². The third-order valence-corrected chi connectivity index (χ3v) is 3.75. The highest BCUT2D eigenvalue weighted by molar-refractivity contribution is 6.02. The van der Waals surface area contributed by atoms with E-state index in [1.807, 2.05) is 5.32 Å². The van der Waals surface area contributed by atoms with E-state index in [0.717, 1.165) is 0 Å². The molecule has 3 nitrogen and oxygen atoms in total. The first-order chi connectivity index (χ1) is 9.82. The quantitative estimate of drug-likeness (QED) is 0.892. The van der Waals surface area contributed by atoms with E-state index in [4.69, 9.17) is 0 Å². The van der Waals surface area contributed by atoms with E-state index in [0.29, 0.717) is 10.8 Å². The lowest BCUT2D eigenvalue weighted by Crippen LogP contribution is -2.47. The smallest absolute Gasteiger partial charge is 0.411 e. The fraction of sp³-hybridized carbons (Fsp3) is 0.267. The Kier molecular flexibility index (Phi) is 2.86. The van der Waals surface area contributed by atoms with Gasteiger partial charge in [-0.15, -0.1) is 0 Å². The molecule has 2 aromatic rings. The molecule has 0 radical (unpaired) electrons. The van der Waals surface area contributed by atoms with Gasteiger partial charge in [-0.2, -0.15) is 13.2 Å². The van der Waals surface area contributed by atoms with Crippen molar-refractivity contribution in [1.82, 2.24) is 5.32 Å². The van der Waals surface area contributed by atoms with E-state index in [1.165, 1.54) is 12.1 Å². The fourth-order valence-electron chi connectivity index (χ4n) is 2.30. The van der Waals surface area contributed by atoms with Crippen LogP contribution in [0.2, 0.25) is 0 Å². The van der Waals surface area contributed by atoms with Crippen molar-refractivity contribution in [3.05, 3.63) is 42.0 Å². The first-order valence-corrected chi connectivity index (χ1v) is 6.43. The van der Waals surface area contributed by atoms with E-state index >= 15 is 0 Å². The molecule has 0 atom stereocenters. The molecule has 0 bridgehead atoms.